The molecule has 3 aromatic rings. The van der Waals surface area contributed by atoms with Crippen molar-refractivity contribution in [2.24, 2.45) is 5.73 Å². The smallest absolute Gasteiger partial charge is 0.407 e. The van der Waals surface area contributed by atoms with Crippen LogP contribution in [0.25, 0.3) is 11.0 Å². The monoisotopic (exact) mass is 454 g/mol. The van der Waals surface area contributed by atoms with Crippen LogP contribution >= 0.6 is 0 Å². The van der Waals surface area contributed by atoms with Gasteiger partial charge in [0.1, 0.15) is 22.7 Å². The lowest BCUT2D eigenvalue weighted by molar-refractivity contribution is 0.0526. The van der Waals surface area contributed by atoms with Crippen molar-refractivity contribution in [3.05, 3.63) is 42.1 Å². The molecule has 2 heterocycles. The number of anilines is 2. The molecule has 0 aliphatic rings. The number of aromatic nitrogens is 3. The summed E-state index contributed by atoms with van der Waals surface area (Å²) in [5.41, 5.74) is 6.57. The third-order valence-corrected chi connectivity index (χ3v) is 4.69. The zero-order valence-corrected chi connectivity index (χ0v) is 19.3. The van der Waals surface area contributed by atoms with E-state index in [1.54, 1.807) is 18.3 Å². The van der Waals surface area contributed by atoms with Crippen molar-refractivity contribution in [1.29, 1.82) is 0 Å². The Hall–Kier alpha value is -3.82. The molecule has 0 bridgehead atoms. The molecule has 0 fully saturated rings. The van der Waals surface area contributed by atoms with E-state index in [4.69, 9.17) is 15.2 Å². The molecule has 3 rings (SSSR count). The van der Waals surface area contributed by atoms with E-state index in [0.29, 0.717) is 41.7 Å². The van der Waals surface area contributed by atoms with Gasteiger partial charge in [0.15, 0.2) is 0 Å². The van der Waals surface area contributed by atoms with Crippen molar-refractivity contribution in [1.82, 2.24) is 19.9 Å². The van der Waals surface area contributed by atoms with E-state index >= 15 is 0 Å². The first-order valence-corrected chi connectivity index (χ1v) is 10.7. The highest BCUT2D eigenvalue weighted by atomic mass is 16.6. The van der Waals surface area contributed by atoms with Crippen molar-refractivity contribution < 1.29 is 19.1 Å². The normalized spacial score (nSPS) is 11.3. The average molecular weight is 455 g/mol. The number of nitrogens with zero attached hydrogens (tertiary/aromatic N) is 3. The van der Waals surface area contributed by atoms with Crippen LogP contribution in [-0.4, -0.2) is 45.8 Å². The minimum Gasteiger partial charge on any atom is -0.494 e. The molecule has 0 aliphatic carbocycles. The summed E-state index contributed by atoms with van der Waals surface area (Å²) in [6, 6.07) is 8.78. The zero-order chi connectivity index (χ0) is 24.0. The van der Waals surface area contributed by atoms with Crippen LogP contribution in [-0.2, 0) is 11.3 Å². The molecular formula is C23H30N6O4. The predicted octanol–water partition coefficient (Wildman–Crippen LogP) is 3.59. The Kier molecular flexibility index (Phi) is 7.37. The molecule has 0 unspecified atom stereocenters. The van der Waals surface area contributed by atoms with Crippen LogP contribution in [0.1, 0.15) is 44.0 Å². The Morgan fingerprint density at radius 3 is 2.61 bits per heavy atom. The summed E-state index contributed by atoms with van der Waals surface area (Å²) < 4.78 is 12.8. The van der Waals surface area contributed by atoms with E-state index in [1.165, 1.54) is 7.11 Å². The molecule has 0 saturated heterocycles. The van der Waals surface area contributed by atoms with Crippen LogP contribution in [0.15, 0.2) is 36.5 Å². The summed E-state index contributed by atoms with van der Waals surface area (Å²) in [6.07, 6.45) is 2.72. The number of primary amides is 1. The summed E-state index contributed by atoms with van der Waals surface area (Å²) in [7, 11) is 1.54. The van der Waals surface area contributed by atoms with Crippen LogP contribution < -0.4 is 21.1 Å². The zero-order valence-electron chi connectivity index (χ0n) is 19.3. The van der Waals surface area contributed by atoms with E-state index in [1.807, 2.05) is 43.5 Å². The number of fused-ring (bicyclic) bond motifs is 1. The third-order valence-electron chi connectivity index (χ3n) is 4.69. The first kappa shape index (κ1) is 23.8. The predicted molar refractivity (Wildman–Crippen MR) is 126 cm³/mol. The fourth-order valence-electron chi connectivity index (χ4n) is 3.29. The highest BCUT2D eigenvalue weighted by molar-refractivity contribution is 5.99. The molecular weight excluding hydrogens is 424 g/mol. The van der Waals surface area contributed by atoms with Crippen molar-refractivity contribution in [2.75, 3.05) is 19.0 Å². The summed E-state index contributed by atoms with van der Waals surface area (Å²) in [5.74, 6) is 1.13. The van der Waals surface area contributed by atoms with Gasteiger partial charge in [-0.15, -0.1) is 0 Å². The van der Waals surface area contributed by atoms with Gasteiger partial charge in [0, 0.05) is 24.8 Å². The topological polar surface area (TPSA) is 133 Å². The number of nitrogens with one attached hydrogen (secondary N) is 2. The lowest BCUT2D eigenvalue weighted by Crippen LogP contribution is -2.33. The number of carbonyl (C=O) groups is 2. The standard InChI is InChI=1S/C23H30N6O4/c1-23(2,3)33-22(31)26-11-7-8-12-29-19-16(13-15(20(24)30)14-17(19)32-4)27-21(29)28-18-9-5-6-10-25-18/h5-6,9-10,13-14H,7-8,11-12H2,1-4H3,(H2,24,30)(H,26,31)(H,25,27,28). The van der Waals surface area contributed by atoms with Crippen LogP contribution in [0.3, 0.4) is 0 Å². The van der Waals surface area contributed by atoms with Gasteiger partial charge >= 0.3 is 6.09 Å². The first-order chi connectivity index (χ1) is 15.7. The molecule has 2 aromatic heterocycles. The van der Waals surface area contributed by atoms with Crippen molar-refractivity contribution >= 4 is 34.8 Å². The summed E-state index contributed by atoms with van der Waals surface area (Å²) in [6.45, 7) is 6.54. The Balaban J connectivity index is 1.81. The molecule has 33 heavy (non-hydrogen) atoms. The van der Waals surface area contributed by atoms with Gasteiger partial charge in [-0.1, -0.05) is 6.07 Å². The van der Waals surface area contributed by atoms with E-state index in [2.05, 4.69) is 20.6 Å². The Bertz CT molecular complexity index is 1120. The molecule has 10 nitrogen and oxygen atoms in total. The van der Waals surface area contributed by atoms with Crippen molar-refractivity contribution in [3.63, 3.8) is 0 Å². The second kappa shape index (κ2) is 10.2. The van der Waals surface area contributed by atoms with Crippen LogP contribution in [0.4, 0.5) is 16.6 Å². The average Bonchev–Trinajstić information content (AvgIpc) is 3.09. The number of unbranched alkanes of at least 4 members (excludes halogenated alkanes) is 1. The van der Waals surface area contributed by atoms with Gasteiger partial charge in [-0.05, 0) is 57.9 Å². The number of benzene rings is 1. The van der Waals surface area contributed by atoms with Crippen molar-refractivity contribution in [3.8, 4) is 5.75 Å². The SMILES string of the molecule is COc1cc(C(N)=O)cc2nc(Nc3ccccn3)n(CCCCNC(=O)OC(C)(C)C)c12. The number of methoxy groups -OCH3 is 1. The lowest BCUT2D eigenvalue weighted by Gasteiger charge is -2.19. The maximum absolute atomic E-state index is 11.8. The Morgan fingerprint density at radius 2 is 1.97 bits per heavy atom. The molecule has 10 heteroatoms. The molecule has 1 aromatic carbocycles. The molecule has 4 N–H and O–H groups in total. The number of carbonyl (C=O) groups excluding carboxylic acids is 2. The molecule has 0 spiro atoms. The largest absolute Gasteiger partial charge is 0.494 e. The first-order valence-electron chi connectivity index (χ1n) is 10.7. The summed E-state index contributed by atoms with van der Waals surface area (Å²) in [4.78, 5) is 32.5. The maximum Gasteiger partial charge on any atom is 0.407 e. The number of pyridine rings is 1. The number of nitrogens with two attached hydrogens (primary N) is 1. The quantitative estimate of drug-likeness (QED) is 0.421. The highest BCUT2D eigenvalue weighted by Gasteiger charge is 2.19. The van der Waals surface area contributed by atoms with Crippen LogP contribution in [0.5, 0.6) is 5.75 Å². The van der Waals surface area contributed by atoms with Crippen molar-refractivity contribution in [2.45, 2.75) is 45.8 Å². The van der Waals surface area contributed by atoms with Gasteiger partial charge in [-0.3, -0.25) is 4.79 Å². The summed E-state index contributed by atoms with van der Waals surface area (Å²) in [5, 5.41) is 5.99. The van der Waals surface area contributed by atoms with Gasteiger partial charge in [0.25, 0.3) is 0 Å². The van der Waals surface area contributed by atoms with E-state index in [-0.39, 0.29) is 0 Å². The van der Waals surface area contributed by atoms with Gasteiger partial charge in [0.05, 0.1) is 12.6 Å². The number of ether oxygens (including phenoxy) is 2. The Labute approximate surface area is 192 Å². The second-order valence-electron chi connectivity index (χ2n) is 8.47. The van der Waals surface area contributed by atoms with E-state index < -0.39 is 17.6 Å². The molecule has 0 radical (unpaired) electrons. The highest BCUT2D eigenvalue weighted by Crippen LogP contribution is 2.31. The number of rotatable bonds is 9. The minimum atomic E-state index is -0.558. The van der Waals surface area contributed by atoms with Gasteiger partial charge < -0.3 is 30.4 Å². The number of imidazole rings is 1. The molecule has 0 saturated carbocycles. The van der Waals surface area contributed by atoms with Gasteiger partial charge in [0.2, 0.25) is 11.9 Å². The molecule has 2 amide bonds. The number of hydrogen-bond donors (Lipinski definition) is 3. The maximum atomic E-state index is 11.8. The number of alkyl carbamates (subject to hydrolysis) is 1. The second-order valence-corrected chi connectivity index (χ2v) is 8.47. The fourth-order valence-corrected chi connectivity index (χ4v) is 3.29. The molecule has 176 valence electrons. The number of aryl methyl sites for hydroxylation is 1. The van der Waals surface area contributed by atoms with Crippen LogP contribution in [0.2, 0.25) is 0 Å². The Morgan fingerprint density at radius 1 is 1.18 bits per heavy atom. The molecule has 0 atom stereocenters. The van der Waals surface area contributed by atoms with Gasteiger partial charge in [-0.25, -0.2) is 14.8 Å². The minimum absolute atomic E-state index is 0.315. The van der Waals surface area contributed by atoms with E-state index in [0.717, 1.165) is 18.4 Å². The summed E-state index contributed by atoms with van der Waals surface area (Å²) >= 11 is 0. The number of hydrogen-bond acceptors (Lipinski definition) is 7. The third kappa shape index (κ3) is 6.34. The van der Waals surface area contributed by atoms with Gasteiger partial charge in [-0.2, -0.15) is 0 Å². The lowest BCUT2D eigenvalue weighted by atomic mass is 10.1. The molecule has 0 aliphatic heterocycles. The van der Waals surface area contributed by atoms with E-state index in [9.17, 15) is 9.59 Å². The number of amides is 2. The fraction of sp³-hybridized carbons (Fsp3) is 0.391. The van der Waals surface area contributed by atoms with Crippen LogP contribution in [0, 0.1) is 0 Å².